The number of carbonyl (C=O) groups is 1. The van der Waals surface area contributed by atoms with Gasteiger partial charge in [-0.25, -0.2) is 9.37 Å². The fourth-order valence-electron chi connectivity index (χ4n) is 2.23. The van der Waals surface area contributed by atoms with E-state index < -0.39 is 0 Å². The Balaban J connectivity index is 1.58. The smallest absolute Gasteiger partial charge is 0.311 e. The van der Waals surface area contributed by atoms with Gasteiger partial charge in [0.05, 0.1) is 12.6 Å². The van der Waals surface area contributed by atoms with Crippen LogP contribution in [0, 0.1) is 12.7 Å². The van der Waals surface area contributed by atoms with E-state index in [2.05, 4.69) is 4.98 Å². The van der Waals surface area contributed by atoms with Gasteiger partial charge in [0.2, 0.25) is 0 Å². The van der Waals surface area contributed by atoms with Crippen molar-refractivity contribution in [3.05, 3.63) is 72.0 Å². The number of benzene rings is 2. The van der Waals surface area contributed by atoms with Crippen molar-refractivity contribution in [1.29, 1.82) is 0 Å². The second-order valence-corrected chi connectivity index (χ2v) is 5.36. The number of ether oxygens (including phenoxy) is 1. The number of esters is 1. The molecule has 24 heavy (non-hydrogen) atoms. The Morgan fingerprint density at radius 3 is 2.67 bits per heavy atom. The molecule has 1 aromatic heterocycles. The molecule has 0 bridgehead atoms. The third-order valence-electron chi connectivity index (χ3n) is 3.54. The fourth-order valence-corrected chi connectivity index (χ4v) is 2.23. The molecule has 0 spiro atoms. The zero-order valence-corrected chi connectivity index (χ0v) is 13.2. The summed E-state index contributed by atoms with van der Waals surface area (Å²) >= 11 is 0. The van der Waals surface area contributed by atoms with E-state index >= 15 is 0 Å². The van der Waals surface area contributed by atoms with Gasteiger partial charge in [-0.2, -0.15) is 0 Å². The van der Waals surface area contributed by atoms with E-state index in [1.165, 1.54) is 12.1 Å². The monoisotopic (exact) mass is 325 g/mol. The van der Waals surface area contributed by atoms with E-state index in [0.29, 0.717) is 23.8 Å². The second-order valence-electron chi connectivity index (χ2n) is 5.36. The molecule has 4 nitrogen and oxygen atoms in total. The van der Waals surface area contributed by atoms with Crippen LogP contribution < -0.4 is 4.74 Å². The number of hydrogen-bond donors (Lipinski definition) is 0. The Hall–Kier alpha value is -2.95. The van der Waals surface area contributed by atoms with E-state index in [4.69, 9.17) is 9.15 Å². The molecule has 2 aromatic carbocycles. The molecule has 0 aliphatic heterocycles. The summed E-state index contributed by atoms with van der Waals surface area (Å²) in [5.41, 5.74) is 1.64. The summed E-state index contributed by atoms with van der Waals surface area (Å²) < 4.78 is 23.8. The van der Waals surface area contributed by atoms with Gasteiger partial charge in [-0.3, -0.25) is 4.79 Å². The maximum atomic E-state index is 12.9. The Bertz CT molecular complexity index is 840. The van der Waals surface area contributed by atoms with Crippen LogP contribution in [0.1, 0.15) is 17.9 Å². The lowest BCUT2D eigenvalue weighted by Gasteiger charge is -2.05. The first-order chi connectivity index (χ1) is 11.6. The Morgan fingerprint density at radius 2 is 1.92 bits per heavy atom. The first kappa shape index (κ1) is 15.9. The highest BCUT2D eigenvalue weighted by molar-refractivity contribution is 5.72. The van der Waals surface area contributed by atoms with Crippen molar-refractivity contribution in [3.63, 3.8) is 0 Å². The van der Waals surface area contributed by atoms with Gasteiger partial charge < -0.3 is 9.15 Å². The molecule has 0 saturated carbocycles. The molecule has 0 amide bonds. The van der Waals surface area contributed by atoms with E-state index in [1.54, 1.807) is 24.4 Å². The summed E-state index contributed by atoms with van der Waals surface area (Å²) in [7, 11) is 0. The van der Waals surface area contributed by atoms with Crippen molar-refractivity contribution in [2.45, 2.75) is 19.8 Å². The molecule has 5 heteroatoms. The van der Waals surface area contributed by atoms with Gasteiger partial charge in [-0.05, 0) is 42.8 Å². The van der Waals surface area contributed by atoms with Crippen molar-refractivity contribution in [2.24, 2.45) is 0 Å². The van der Waals surface area contributed by atoms with Gasteiger partial charge in [0, 0.05) is 12.0 Å². The van der Waals surface area contributed by atoms with Crippen molar-refractivity contribution >= 4 is 5.97 Å². The van der Waals surface area contributed by atoms with Crippen LogP contribution in [0.5, 0.6) is 5.75 Å². The topological polar surface area (TPSA) is 52.3 Å². The van der Waals surface area contributed by atoms with Gasteiger partial charge in [0.1, 0.15) is 11.6 Å². The molecule has 0 aliphatic carbocycles. The third kappa shape index (κ3) is 3.87. The van der Waals surface area contributed by atoms with Crippen LogP contribution in [-0.4, -0.2) is 11.0 Å². The Labute approximate surface area is 138 Å². The van der Waals surface area contributed by atoms with Crippen LogP contribution in [0.2, 0.25) is 0 Å². The standard InChI is InChI=1S/C19H16FNO3/c1-13-4-2-3-5-16(13)24-19(22)11-10-18-21-12-17(23-18)14-6-8-15(20)9-7-14/h2-9,12H,10-11H2,1H3. The SMILES string of the molecule is Cc1ccccc1OC(=O)CCc1ncc(-c2ccc(F)cc2)o1. The quantitative estimate of drug-likeness (QED) is 0.517. The first-order valence-electron chi connectivity index (χ1n) is 7.59. The minimum absolute atomic E-state index is 0.164. The largest absolute Gasteiger partial charge is 0.441 e. The highest BCUT2D eigenvalue weighted by atomic mass is 19.1. The summed E-state index contributed by atoms with van der Waals surface area (Å²) in [6.07, 6.45) is 2.07. The van der Waals surface area contributed by atoms with E-state index in [1.807, 2.05) is 25.1 Å². The highest BCUT2D eigenvalue weighted by Crippen LogP contribution is 2.21. The average molecular weight is 325 g/mol. The molecule has 0 fully saturated rings. The molecule has 0 unspecified atom stereocenters. The van der Waals surface area contributed by atoms with Crippen LogP contribution in [0.4, 0.5) is 4.39 Å². The minimum atomic E-state index is -0.342. The van der Waals surface area contributed by atoms with Crippen LogP contribution in [0.3, 0.4) is 0 Å². The molecule has 3 aromatic rings. The van der Waals surface area contributed by atoms with E-state index in [9.17, 15) is 9.18 Å². The lowest BCUT2D eigenvalue weighted by atomic mass is 10.2. The summed E-state index contributed by atoms with van der Waals surface area (Å²) in [5, 5.41) is 0. The van der Waals surface area contributed by atoms with Crippen molar-refractivity contribution in [3.8, 4) is 17.1 Å². The molecule has 0 atom stereocenters. The lowest BCUT2D eigenvalue weighted by molar-refractivity contribution is -0.134. The molecule has 0 aliphatic rings. The lowest BCUT2D eigenvalue weighted by Crippen LogP contribution is -2.09. The maximum Gasteiger partial charge on any atom is 0.311 e. The molecule has 0 radical (unpaired) electrons. The highest BCUT2D eigenvalue weighted by Gasteiger charge is 2.11. The summed E-state index contributed by atoms with van der Waals surface area (Å²) in [6.45, 7) is 1.88. The Kier molecular flexibility index (Phi) is 4.70. The van der Waals surface area contributed by atoms with Crippen LogP contribution in [0.25, 0.3) is 11.3 Å². The number of para-hydroxylation sites is 1. The van der Waals surface area contributed by atoms with Crippen molar-refractivity contribution in [1.82, 2.24) is 4.98 Å². The number of aryl methyl sites for hydroxylation is 2. The zero-order valence-electron chi connectivity index (χ0n) is 13.2. The molecule has 122 valence electrons. The van der Waals surface area contributed by atoms with Crippen molar-refractivity contribution < 1.29 is 18.3 Å². The normalized spacial score (nSPS) is 10.6. The molecule has 0 saturated heterocycles. The molecular weight excluding hydrogens is 309 g/mol. The van der Waals surface area contributed by atoms with Crippen LogP contribution in [-0.2, 0) is 11.2 Å². The van der Waals surface area contributed by atoms with E-state index in [-0.39, 0.29) is 18.2 Å². The van der Waals surface area contributed by atoms with Gasteiger partial charge in [-0.15, -0.1) is 0 Å². The zero-order chi connectivity index (χ0) is 16.9. The van der Waals surface area contributed by atoms with Gasteiger partial charge in [-0.1, -0.05) is 18.2 Å². The number of carbonyl (C=O) groups excluding carboxylic acids is 1. The number of oxazole rings is 1. The molecular formula is C19H16FNO3. The van der Waals surface area contributed by atoms with Gasteiger partial charge >= 0.3 is 5.97 Å². The number of hydrogen-bond acceptors (Lipinski definition) is 4. The van der Waals surface area contributed by atoms with E-state index in [0.717, 1.165) is 11.1 Å². The number of nitrogens with zero attached hydrogens (tertiary/aromatic N) is 1. The van der Waals surface area contributed by atoms with Crippen LogP contribution >= 0.6 is 0 Å². The second kappa shape index (κ2) is 7.08. The third-order valence-corrected chi connectivity index (χ3v) is 3.54. The predicted molar refractivity (Wildman–Crippen MR) is 87.0 cm³/mol. The van der Waals surface area contributed by atoms with Gasteiger partial charge in [0.25, 0.3) is 0 Å². The number of rotatable bonds is 5. The fraction of sp³-hybridized carbons (Fsp3) is 0.158. The molecule has 1 heterocycles. The predicted octanol–water partition coefficient (Wildman–Crippen LogP) is 4.33. The summed E-state index contributed by atoms with van der Waals surface area (Å²) in [4.78, 5) is 16.1. The minimum Gasteiger partial charge on any atom is -0.441 e. The van der Waals surface area contributed by atoms with Gasteiger partial charge in [0.15, 0.2) is 11.7 Å². The summed E-state index contributed by atoms with van der Waals surface area (Å²) in [6, 6.07) is 13.3. The number of halogens is 1. The average Bonchev–Trinajstić information content (AvgIpc) is 3.05. The molecule has 0 N–H and O–H groups in total. The number of aromatic nitrogens is 1. The van der Waals surface area contributed by atoms with Crippen molar-refractivity contribution in [2.75, 3.05) is 0 Å². The molecule has 3 rings (SSSR count). The first-order valence-corrected chi connectivity index (χ1v) is 7.59. The Morgan fingerprint density at radius 1 is 1.17 bits per heavy atom. The maximum absolute atomic E-state index is 12.9. The summed E-state index contributed by atoms with van der Waals surface area (Å²) in [5.74, 6) is 0.888. The van der Waals surface area contributed by atoms with Crippen LogP contribution in [0.15, 0.2) is 59.1 Å².